The summed E-state index contributed by atoms with van der Waals surface area (Å²) >= 11 is 5.91. The van der Waals surface area contributed by atoms with E-state index in [2.05, 4.69) is 0 Å². The van der Waals surface area contributed by atoms with Gasteiger partial charge in [0.05, 0.1) is 5.92 Å². The molecule has 1 aromatic rings. The number of carbonyl (C=O) groups is 1. The highest BCUT2D eigenvalue weighted by molar-refractivity contribution is 6.30. The van der Waals surface area contributed by atoms with Gasteiger partial charge in [-0.1, -0.05) is 36.6 Å². The van der Waals surface area contributed by atoms with E-state index in [0.29, 0.717) is 5.02 Å². The molecule has 16 heavy (non-hydrogen) atoms. The van der Waals surface area contributed by atoms with E-state index < -0.39 is 5.97 Å². The molecule has 0 saturated heterocycles. The van der Waals surface area contributed by atoms with Crippen molar-refractivity contribution in [1.29, 1.82) is 0 Å². The quantitative estimate of drug-likeness (QED) is 0.872. The maximum absolute atomic E-state index is 11.4. The molecule has 0 unspecified atom stereocenters. The van der Waals surface area contributed by atoms with Crippen molar-refractivity contribution in [2.45, 2.75) is 31.6 Å². The minimum Gasteiger partial charge on any atom is -0.481 e. The summed E-state index contributed by atoms with van der Waals surface area (Å²) < 4.78 is 0. The first-order valence-electron chi connectivity index (χ1n) is 5.67. The average molecular weight is 239 g/mol. The van der Waals surface area contributed by atoms with Crippen LogP contribution in [0.4, 0.5) is 0 Å². The molecule has 1 aliphatic carbocycles. The van der Waals surface area contributed by atoms with Gasteiger partial charge in [0.15, 0.2) is 0 Å². The maximum Gasteiger partial charge on any atom is 0.311 e. The standard InChI is InChI=1S/C13H15ClO2/c14-11-7-3-6-10(8-11)12(13(15)16)9-4-1-2-5-9/h3,6-9,12H,1-2,4-5H2,(H,15,16)/t12-/m1/s1. The Morgan fingerprint density at radius 3 is 2.62 bits per heavy atom. The van der Waals surface area contributed by atoms with Gasteiger partial charge in [-0.25, -0.2) is 0 Å². The van der Waals surface area contributed by atoms with Crippen molar-refractivity contribution < 1.29 is 9.90 Å². The van der Waals surface area contributed by atoms with Crippen molar-refractivity contribution in [1.82, 2.24) is 0 Å². The lowest BCUT2D eigenvalue weighted by molar-refractivity contribution is -0.140. The molecule has 1 aliphatic rings. The average Bonchev–Trinajstić information content (AvgIpc) is 2.71. The van der Waals surface area contributed by atoms with Gasteiger partial charge >= 0.3 is 5.97 Å². The SMILES string of the molecule is O=C(O)[C@@H](c1cccc(Cl)c1)C1CCCC1. The number of benzene rings is 1. The van der Waals surface area contributed by atoms with Gasteiger partial charge in [0.1, 0.15) is 0 Å². The van der Waals surface area contributed by atoms with Crippen molar-refractivity contribution >= 4 is 17.6 Å². The highest BCUT2D eigenvalue weighted by atomic mass is 35.5. The van der Waals surface area contributed by atoms with Gasteiger partial charge in [-0.05, 0) is 36.5 Å². The van der Waals surface area contributed by atoms with Gasteiger partial charge in [0.25, 0.3) is 0 Å². The first kappa shape index (κ1) is 11.5. The molecule has 2 nitrogen and oxygen atoms in total. The van der Waals surface area contributed by atoms with Gasteiger partial charge in [0.2, 0.25) is 0 Å². The highest BCUT2D eigenvalue weighted by Gasteiger charge is 2.31. The molecule has 1 fully saturated rings. The van der Waals surface area contributed by atoms with Crippen LogP contribution >= 0.6 is 11.6 Å². The smallest absolute Gasteiger partial charge is 0.311 e. The van der Waals surface area contributed by atoms with Gasteiger partial charge in [0, 0.05) is 5.02 Å². The van der Waals surface area contributed by atoms with Crippen molar-refractivity contribution in [2.24, 2.45) is 5.92 Å². The summed E-state index contributed by atoms with van der Waals surface area (Å²) in [6.07, 6.45) is 4.33. The third-order valence-corrected chi connectivity index (χ3v) is 3.58. The van der Waals surface area contributed by atoms with E-state index in [0.717, 1.165) is 31.2 Å². The summed E-state index contributed by atoms with van der Waals surface area (Å²) in [5.41, 5.74) is 0.840. The first-order valence-corrected chi connectivity index (χ1v) is 6.04. The molecular formula is C13H15ClO2. The number of aliphatic carboxylic acids is 1. The Balaban J connectivity index is 2.28. The lowest BCUT2D eigenvalue weighted by Crippen LogP contribution is -2.19. The van der Waals surface area contributed by atoms with Crippen LogP contribution in [-0.2, 0) is 4.79 Å². The molecule has 1 aromatic carbocycles. The minimum atomic E-state index is -0.728. The second-order valence-electron chi connectivity index (χ2n) is 4.42. The second kappa shape index (κ2) is 4.88. The fourth-order valence-electron chi connectivity index (χ4n) is 2.61. The monoisotopic (exact) mass is 238 g/mol. The first-order chi connectivity index (χ1) is 7.68. The third-order valence-electron chi connectivity index (χ3n) is 3.35. The van der Waals surface area contributed by atoms with Crippen LogP contribution in [0.15, 0.2) is 24.3 Å². The lowest BCUT2D eigenvalue weighted by atomic mass is 9.85. The summed E-state index contributed by atoms with van der Waals surface area (Å²) in [6.45, 7) is 0. The number of hydrogen-bond donors (Lipinski definition) is 1. The number of carboxylic acids is 1. The van der Waals surface area contributed by atoms with Crippen LogP contribution in [0.5, 0.6) is 0 Å². The largest absolute Gasteiger partial charge is 0.481 e. The fraction of sp³-hybridized carbons (Fsp3) is 0.462. The van der Waals surface area contributed by atoms with Gasteiger partial charge in [-0.3, -0.25) is 4.79 Å². The molecule has 0 spiro atoms. The predicted octanol–water partition coefficient (Wildman–Crippen LogP) is 3.70. The van der Waals surface area contributed by atoms with Crippen LogP contribution in [0, 0.1) is 5.92 Å². The molecule has 0 aliphatic heterocycles. The predicted molar refractivity (Wildman–Crippen MR) is 63.8 cm³/mol. The minimum absolute atomic E-state index is 0.274. The normalized spacial score (nSPS) is 18.6. The summed E-state index contributed by atoms with van der Waals surface area (Å²) in [5, 5.41) is 9.95. The second-order valence-corrected chi connectivity index (χ2v) is 4.85. The van der Waals surface area contributed by atoms with E-state index in [9.17, 15) is 9.90 Å². The zero-order chi connectivity index (χ0) is 11.5. The highest BCUT2D eigenvalue weighted by Crippen LogP contribution is 2.38. The molecule has 0 amide bonds. The van der Waals surface area contributed by atoms with E-state index in [1.165, 1.54) is 0 Å². The molecule has 1 N–H and O–H groups in total. The topological polar surface area (TPSA) is 37.3 Å². The summed E-state index contributed by atoms with van der Waals surface area (Å²) in [4.78, 5) is 11.4. The molecule has 86 valence electrons. The van der Waals surface area contributed by atoms with Crippen LogP contribution in [-0.4, -0.2) is 11.1 Å². The Hall–Kier alpha value is -1.02. The van der Waals surface area contributed by atoms with Gasteiger partial charge in [-0.15, -0.1) is 0 Å². The van der Waals surface area contributed by atoms with Crippen molar-refractivity contribution in [2.75, 3.05) is 0 Å². The molecule has 1 saturated carbocycles. The van der Waals surface area contributed by atoms with Crippen molar-refractivity contribution in [3.8, 4) is 0 Å². The Morgan fingerprint density at radius 2 is 2.06 bits per heavy atom. The van der Waals surface area contributed by atoms with E-state index in [1.54, 1.807) is 12.1 Å². The number of carboxylic acid groups (broad SMARTS) is 1. The maximum atomic E-state index is 11.4. The zero-order valence-corrected chi connectivity index (χ0v) is 9.78. The third kappa shape index (κ3) is 2.38. The molecular weight excluding hydrogens is 224 g/mol. The number of hydrogen-bond acceptors (Lipinski definition) is 1. The Labute approximate surface area is 100 Å². The van der Waals surface area contributed by atoms with Gasteiger partial charge < -0.3 is 5.11 Å². The van der Waals surface area contributed by atoms with E-state index in [4.69, 9.17) is 11.6 Å². The van der Waals surface area contributed by atoms with Crippen molar-refractivity contribution in [3.05, 3.63) is 34.9 Å². The van der Waals surface area contributed by atoms with Crippen LogP contribution in [0.3, 0.4) is 0 Å². The zero-order valence-electron chi connectivity index (χ0n) is 9.03. The Bertz CT molecular complexity index is 383. The van der Waals surface area contributed by atoms with Crippen LogP contribution in [0.1, 0.15) is 37.2 Å². The molecule has 0 bridgehead atoms. The van der Waals surface area contributed by atoms with Crippen molar-refractivity contribution in [3.63, 3.8) is 0 Å². The summed E-state index contributed by atoms with van der Waals surface area (Å²) in [5.74, 6) is -0.841. The van der Waals surface area contributed by atoms with Crippen LogP contribution < -0.4 is 0 Å². The summed E-state index contributed by atoms with van der Waals surface area (Å²) in [7, 11) is 0. The molecule has 0 aromatic heterocycles. The van der Waals surface area contributed by atoms with Crippen LogP contribution in [0.25, 0.3) is 0 Å². The number of halogens is 1. The number of rotatable bonds is 3. The Kier molecular flexibility index (Phi) is 3.49. The summed E-state index contributed by atoms with van der Waals surface area (Å²) in [6, 6.07) is 7.24. The molecule has 1 atom stereocenters. The van der Waals surface area contributed by atoms with E-state index in [1.807, 2.05) is 12.1 Å². The van der Waals surface area contributed by atoms with E-state index in [-0.39, 0.29) is 11.8 Å². The fourth-order valence-corrected chi connectivity index (χ4v) is 2.81. The van der Waals surface area contributed by atoms with Crippen LogP contribution in [0.2, 0.25) is 5.02 Å². The van der Waals surface area contributed by atoms with E-state index >= 15 is 0 Å². The lowest BCUT2D eigenvalue weighted by Gasteiger charge is -2.19. The Morgan fingerprint density at radius 1 is 1.38 bits per heavy atom. The molecule has 3 heteroatoms. The van der Waals surface area contributed by atoms with Gasteiger partial charge in [-0.2, -0.15) is 0 Å². The molecule has 0 radical (unpaired) electrons. The molecule has 2 rings (SSSR count). The molecule has 0 heterocycles.